The van der Waals surface area contributed by atoms with E-state index >= 15 is 0 Å². The van der Waals surface area contributed by atoms with Crippen LogP contribution < -0.4 is 10.2 Å². The van der Waals surface area contributed by atoms with Crippen molar-refractivity contribution in [1.82, 2.24) is 5.32 Å². The molecule has 0 aliphatic heterocycles. The fraction of sp³-hybridized carbons (Fsp3) is 0.750. The van der Waals surface area contributed by atoms with Crippen LogP contribution in [0.1, 0.15) is 258 Å². The van der Waals surface area contributed by atoms with Crippen LogP contribution in [0.15, 0.2) is 85.1 Å². The summed E-state index contributed by atoms with van der Waals surface area (Å²) in [6, 6.07) is -0.910. The van der Waals surface area contributed by atoms with E-state index in [9.17, 15) is 19.0 Å². The van der Waals surface area contributed by atoms with Gasteiger partial charge in [-0.15, -0.1) is 0 Å². The van der Waals surface area contributed by atoms with E-state index in [1.54, 1.807) is 0 Å². The van der Waals surface area contributed by atoms with Gasteiger partial charge in [0.05, 0.1) is 33.8 Å². The Kier molecular flexibility index (Phi) is 51.5. The standard InChI is InChI=1S/C64H115N2O7P/c1-7-10-13-16-19-22-25-28-30-32-33-34-36-39-42-45-48-51-54-57-64(68)73-62(55-52-49-46-43-40-37-27-24-21-18-15-12-9-3)61(60-72-74(69,70)71-59-58-66(4,5)6)65-63(67)56-53-50-47-44-41-38-35-31-29-26-23-20-17-14-11-8-2/h11,14,19-20,22-23,28-31,38,41,52,55,61-62H,7-10,12-13,15-18,21,24-27,32-37,39-40,42-51,53-54,56-60H2,1-6H3,(H-,65,67,69,70)/b14-11+,22-19-,23-20+,30-28-,31-29+,41-38+,55-52+. The molecule has 0 aromatic carbocycles. The van der Waals surface area contributed by atoms with Crippen LogP contribution in [0.3, 0.4) is 0 Å². The molecule has 0 heterocycles. The third-order valence-corrected chi connectivity index (χ3v) is 14.0. The Bertz CT molecular complexity index is 1540. The van der Waals surface area contributed by atoms with Crippen LogP contribution in [0.4, 0.5) is 0 Å². The Morgan fingerprint density at radius 3 is 1.34 bits per heavy atom. The quantitative estimate of drug-likeness (QED) is 0.0212. The van der Waals surface area contributed by atoms with Crippen molar-refractivity contribution >= 4 is 19.7 Å². The number of rotatable bonds is 54. The number of amides is 1. The summed E-state index contributed by atoms with van der Waals surface area (Å²) in [5.74, 6) is -0.583. The molecule has 0 radical (unpaired) electrons. The van der Waals surface area contributed by atoms with E-state index in [0.29, 0.717) is 17.4 Å². The first-order valence-electron chi connectivity index (χ1n) is 30.4. The Labute approximate surface area is 456 Å². The van der Waals surface area contributed by atoms with Crippen molar-refractivity contribution in [3.05, 3.63) is 85.1 Å². The maximum Gasteiger partial charge on any atom is 0.306 e. The van der Waals surface area contributed by atoms with Gasteiger partial charge in [0.1, 0.15) is 19.3 Å². The van der Waals surface area contributed by atoms with Gasteiger partial charge in [0, 0.05) is 12.8 Å². The SMILES string of the molecule is CC/C=C/C/C=C/C/C=C/C/C=C/CCCCCC(=O)NC(COP(=O)([O-])OCC[N+](C)(C)C)C(/C=C/CCCCCCCCCCCCC)OC(=O)CCCCCCCCCCC/C=C\C/C=C\CCCCC. The lowest BCUT2D eigenvalue weighted by atomic mass is 10.0. The van der Waals surface area contributed by atoms with Gasteiger partial charge in [-0.1, -0.05) is 228 Å². The molecule has 74 heavy (non-hydrogen) atoms. The number of unbranched alkanes of at least 4 members (excludes halogenated alkanes) is 26. The highest BCUT2D eigenvalue weighted by atomic mass is 31.2. The van der Waals surface area contributed by atoms with Gasteiger partial charge in [-0.2, -0.15) is 0 Å². The molecule has 3 atom stereocenters. The molecule has 0 fully saturated rings. The average Bonchev–Trinajstić information content (AvgIpc) is 3.36. The second-order valence-corrected chi connectivity index (χ2v) is 22.9. The number of esters is 1. The molecule has 0 saturated carbocycles. The fourth-order valence-corrected chi connectivity index (χ4v) is 9.09. The Hall–Kier alpha value is -2.81. The second-order valence-electron chi connectivity index (χ2n) is 21.5. The molecule has 1 N–H and O–H groups in total. The minimum atomic E-state index is -4.71. The smallest absolute Gasteiger partial charge is 0.306 e. The number of phosphoric ester groups is 1. The maximum atomic E-state index is 13.5. The molecule has 0 spiro atoms. The predicted octanol–water partition coefficient (Wildman–Crippen LogP) is 18.0. The van der Waals surface area contributed by atoms with Crippen LogP contribution in [0.5, 0.6) is 0 Å². The van der Waals surface area contributed by atoms with Gasteiger partial charge in [-0.05, 0) is 102 Å². The van der Waals surface area contributed by atoms with E-state index < -0.39 is 26.6 Å². The van der Waals surface area contributed by atoms with E-state index in [0.717, 1.165) is 103 Å². The van der Waals surface area contributed by atoms with E-state index in [1.807, 2.05) is 33.3 Å². The summed E-state index contributed by atoms with van der Waals surface area (Å²) in [7, 11) is 1.15. The largest absolute Gasteiger partial charge is 0.756 e. The van der Waals surface area contributed by atoms with Crippen molar-refractivity contribution < 1.29 is 37.3 Å². The van der Waals surface area contributed by atoms with Gasteiger partial charge in [0.2, 0.25) is 5.91 Å². The van der Waals surface area contributed by atoms with Crippen LogP contribution in [-0.4, -0.2) is 69.4 Å². The zero-order chi connectivity index (χ0) is 54.3. The number of likely N-dealkylation sites (N-methyl/N-ethyl adjacent to an activating group) is 1. The van der Waals surface area contributed by atoms with Gasteiger partial charge in [-0.25, -0.2) is 0 Å². The number of allylic oxidation sites excluding steroid dienone is 13. The normalized spacial score (nSPS) is 14.3. The first-order chi connectivity index (χ1) is 35.9. The molecular formula is C64H115N2O7P. The topological polar surface area (TPSA) is 114 Å². The summed E-state index contributed by atoms with van der Waals surface area (Å²) in [6.45, 7) is 6.68. The predicted molar refractivity (Wildman–Crippen MR) is 316 cm³/mol. The zero-order valence-corrected chi connectivity index (χ0v) is 49.7. The van der Waals surface area contributed by atoms with Gasteiger partial charge >= 0.3 is 5.97 Å². The number of phosphoric acid groups is 1. The summed E-state index contributed by atoms with van der Waals surface area (Å²) < 4.78 is 30.3. The lowest BCUT2D eigenvalue weighted by Crippen LogP contribution is -2.47. The average molecular weight is 1060 g/mol. The molecule has 428 valence electrons. The van der Waals surface area contributed by atoms with Gasteiger partial charge < -0.3 is 28.5 Å². The fourth-order valence-electron chi connectivity index (χ4n) is 8.37. The van der Waals surface area contributed by atoms with Crippen LogP contribution >= 0.6 is 7.82 Å². The Morgan fingerprint density at radius 2 is 0.865 bits per heavy atom. The lowest BCUT2D eigenvalue weighted by Gasteiger charge is -2.30. The number of ether oxygens (including phenoxy) is 1. The molecule has 9 nitrogen and oxygen atoms in total. The minimum Gasteiger partial charge on any atom is -0.756 e. The van der Waals surface area contributed by atoms with Crippen molar-refractivity contribution in [2.75, 3.05) is 40.9 Å². The van der Waals surface area contributed by atoms with Crippen molar-refractivity contribution in [2.45, 2.75) is 270 Å². The first-order valence-corrected chi connectivity index (χ1v) is 31.9. The van der Waals surface area contributed by atoms with E-state index in [2.05, 4.69) is 99.0 Å². The highest BCUT2D eigenvalue weighted by Crippen LogP contribution is 2.38. The number of hydrogen-bond donors (Lipinski definition) is 1. The van der Waals surface area contributed by atoms with Crippen LogP contribution in [0, 0.1) is 0 Å². The molecule has 3 unspecified atom stereocenters. The van der Waals surface area contributed by atoms with E-state index in [4.69, 9.17) is 13.8 Å². The highest BCUT2D eigenvalue weighted by molar-refractivity contribution is 7.45. The summed E-state index contributed by atoms with van der Waals surface area (Å²) in [6.07, 6.45) is 69.7. The maximum absolute atomic E-state index is 13.5. The van der Waals surface area contributed by atoms with E-state index in [1.165, 1.54) is 116 Å². The third-order valence-electron chi connectivity index (χ3n) is 13.1. The molecular weight excluding hydrogens is 940 g/mol. The second kappa shape index (κ2) is 53.6. The number of nitrogens with zero attached hydrogens (tertiary/aromatic N) is 1. The summed E-state index contributed by atoms with van der Waals surface area (Å²) in [5.41, 5.74) is 0. The van der Waals surface area contributed by atoms with Crippen LogP contribution in [0.2, 0.25) is 0 Å². The molecule has 0 aromatic heterocycles. The zero-order valence-electron chi connectivity index (χ0n) is 48.8. The molecule has 0 aliphatic rings. The Morgan fingerprint density at radius 1 is 0.486 bits per heavy atom. The number of carbonyl (C=O) groups is 2. The van der Waals surface area contributed by atoms with E-state index in [-0.39, 0.29) is 31.3 Å². The first kappa shape index (κ1) is 71.2. The number of quaternary nitrogens is 1. The molecule has 0 saturated heterocycles. The molecule has 0 aromatic rings. The Balaban J connectivity index is 5.36. The summed E-state index contributed by atoms with van der Waals surface area (Å²) in [5, 5.41) is 3.01. The van der Waals surface area contributed by atoms with Crippen molar-refractivity contribution in [1.29, 1.82) is 0 Å². The molecule has 10 heteroatoms. The molecule has 0 bridgehead atoms. The molecule has 1 amide bonds. The monoisotopic (exact) mass is 1050 g/mol. The van der Waals surface area contributed by atoms with Gasteiger partial charge in [0.25, 0.3) is 7.82 Å². The van der Waals surface area contributed by atoms with Crippen LogP contribution in [-0.2, 0) is 27.9 Å². The minimum absolute atomic E-state index is 0.0327. The summed E-state index contributed by atoms with van der Waals surface area (Å²) >= 11 is 0. The van der Waals surface area contributed by atoms with Gasteiger partial charge in [-0.3, -0.25) is 14.2 Å². The van der Waals surface area contributed by atoms with Crippen molar-refractivity contribution in [3.8, 4) is 0 Å². The molecule has 0 aliphatic carbocycles. The van der Waals surface area contributed by atoms with Crippen LogP contribution in [0.25, 0.3) is 0 Å². The highest BCUT2D eigenvalue weighted by Gasteiger charge is 2.27. The lowest BCUT2D eigenvalue weighted by molar-refractivity contribution is -0.870. The van der Waals surface area contributed by atoms with Crippen molar-refractivity contribution in [3.63, 3.8) is 0 Å². The third kappa shape index (κ3) is 54.0. The number of nitrogens with one attached hydrogen (secondary N) is 1. The number of carbonyl (C=O) groups excluding carboxylic acids is 2. The number of hydrogen-bond acceptors (Lipinski definition) is 7. The van der Waals surface area contributed by atoms with Gasteiger partial charge in [0.15, 0.2) is 0 Å². The van der Waals surface area contributed by atoms with Crippen molar-refractivity contribution in [2.24, 2.45) is 0 Å². The molecule has 0 rings (SSSR count). The summed E-state index contributed by atoms with van der Waals surface area (Å²) in [4.78, 5) is 40.0.